The summed E-state index contributed by atoms with van der Waals surface area (Å²) in [6.45, 7) is 10.6. The minimum Gasteiger partial charge on any atom is -0.460 e. The van der Waals surface area contributed by atoms with Crippen LogP contribution >= 0.6 is 0 Å². The standard InChI is InChI=1S/C22H32N4O3/c1-6-9-16-18-19(25-24-16)15(21(28)29-14(2)3)12-26(13-22(18,4)5)20(27)17-10-7-8-11-23-17/h7-8,10-12,14,16,18-19,24-25H,6,9,13H2,1-5H3. The number of hydrogen-bond acceptors (Lipinski definition) is 6. The van der Waals surface area contributed by atoms with E-state index in [1.54, 1.807) is 35.5 Å². The number of hydrazine groups is 1. The van der Waals surface area contributed by atoms with Gasteiger partial charge in [0, 0.05) is 30.9 Å². The lowest BCUT2D eigenvalue weighted by Gasteiger charge is -2.38. The summed E-state index contributed by atoms with van der Waals surface area (Å²) < 4.78 is 5.52. The maximum atomic E-state index is 13.2. The number of amides is 1. The molecule has 1 fully saturated rings. The highest BCUT2D eigenvalue weighted by Crippen LogP contribution is 2.42. The smallest absolute Gasteiger partial charge is 0.337 e. The molecule has 3 rings (SSSR count). The molecule has 1 amide bonds. The Hall–Kier alpha value is -2.25. The van der Waals surface area contributed by atoms with E-state index in [0.717, 1.165) is 12.8 Å². The van der Waals surface area contributed by atoms with Crippen molar-refractivity contribution < 1.29 is 14.3 Å². The first-order chi connectivity index (χ1) is 13.7. The van der Waals surface area contributed by atoms with Crippen molar-refractivity contribution in [3.63, 3.8) is 0 Å². The molecule has 0 spiro atoms. The third kappa shape index (κ3) is 4.51. The van der Waals surface area contributed by atoms with Gasteiger partial charge in [0.25, 0.3) is 5.91 Å². The molecular formula is C22H32N4O3. The average molecular weight is 401 g/mol. The minimum atomic E-state index is -0.391. The second-order valence-electron chi connectivity index (χ2n) is 8.86. The first-order valence-corrected chi connectivity index (χ1v) is 10.4. The van der Waals surface area contributed by atoms with Crippen molar-refractivity contribution >= 4 is 11.9 Å². The molecular weight excluding hydrogens is 368 g/mol. The second kappa shape index (κ2) is 8.63. The lowest BCUT2D eigenvalue weighted by atomic mass is 9.70. The van der Waals surface area contributed by atoms with E-state index in [0.29, 0.717) is 17.8 Å². The van der Waals surface area contributed by atoms with E-state index < -0.39 is 5.97 Å². The lowest BCUT2D eigenvalue weighted by Crippen LogP contribution is -2.45. The molecule has 158 valence electrons. The Kier molecular flexibility index (Phi) is 6.39. The Morgan fingerprint density at radius 3 is 2.69 bits per heavy atom. The number of carbonyl (C=O) groups is 2. The van der Waals surface area contributed by atoms with Crippen LogP contribution in [0, 0.1) is 11.3 Å². The van der Waals surface area contributed by atoms with Crippen LogP contribution in [0.3, 0.4) is 0 Å². The van der Waals surface area contributed by atoms with Crippen LogP contribution in [0.25, 0.3) is 0 Å². The van der Waals surface area contributed by atoms with E-state index in [1.165, 1.54) is 0 Å². The van der Waals surface area contributed by atoms with Crippen molar-refractivity contribution in [1.82, 2.24) is 20.7 Å². The van der Waals surface area contributed by atoms with Crippen molar-refractivity contribution in [3.8, 4) is 0 Å². The number of nitrogens with one attached hydrogen (secondary N) is 2. The Morgan fingerprint density at radius 1 is 1.31 bits per heavy atom. The summed E-state index contributed by atoms with van der Waals surface area (Å²) >= 11 is 0. The molecule has 0 radical (unpaired) electrons. The van der Waals surface area contributed by atoms with Gasteiger partial charge in [0.05, 0.1) is 17.7 Å². The van der Waals surface area contributed by atoms with Crippen LogP contribution in [0.1, 0.15) is 57.9 Å². The van der Waals surface area contributed by atoms with Crippen LogP contribution in [-0.4, -0.2) is 46.5 Å². The molecule has 7 nitrogen and oxygen atoms in total. The Labute approximate surface area is 172 Å². The Balaban J connectivity index is 2.02. The van der Waals surface area contributed by atoms with Gasteiger partial charge in [-0.05, 0) is 37.8 Å². The minimum absolute atomic E-state index is 0.134. The maximum Gasteiger partial charge on any atom is 0.337 e. The number of hydrogen-bond donors (Lipinski definition) is 2. The van der Waals surface area contributed by atoms with Gasteiger partial charge in [0.1, 0.15) is 5.69 Å². The second-order valence-corrected chi connectivity index (χ2v) is 8.86. The fourth-order valence-electron chi connectivity index (χ4n) is 4.51. The summed E-state index contributed by atoms with van der Waals surface area (Å²) in [6, 6.07) is 5.24. The quantitative estimate of drug-likeness (QED) is 0.740. The lowest BCUT2D eigenvalue weighted by molar-refractivity contribution is -0.143. The van der Waals surface area contributed by atoms with E-state index in [1.807, 2.05) is 13.8 Å². The highest BCUT2D eigenvalue weighted by molar-refractivity contribution is 5.95. The van der Waals surface area contributed by atoms with Crippen LogP contribution in [0.2, 0.25) is 0 Å². The third-order valence-electron chi connectivity index (χ3n) is 5.65. The normalized spacial score (nSPS) is 25.9. The van der Waals surface area contributed by atoms with Gasteiger partial charge in [0.15, 0.2) is 0 Å². The van der Waals surface area contributed by atoms with Gasteiger partial charge in [-0.25, -0.2) is 10.2 Å². The SMILES string of the molecule is CCCC1NNC2C(C(=O)OC(C)C)=CN(C(=O)c3ccccn3)CC(C)(C)C12. The predicted octanol–water partition coefficient (Wildman–Crippen LogP) is 2.66. The number of rotatable bonds is 5. The van der Waals surface area contributed by atoms with Gasteiger partial charge in [0.2, 0.25) is 0 Å². The molecule has 3 heterocycles. The van der Waals surface area contributed by atoms with Crippen molar-refractivity contribution in [2.45, 2.75) is 65.6 Å². The summed E-state index contributed by atoms with van der Waals surface area (Å²) in [4.78, 5) is 32.0. The molecule has 1 saturated heterocycles. The summed E-state index contributed by atoms with van der Waals surface area (Å²) in [7, 11) is 0. The number of fused-ring (bicyclic) bond motifs is 1. The number of aromatic nitrogens is 1. The maximum absolute atomic E-state index is 13.2. The van der Waals surface area contributed by atoms with E-state index in [9.17, 15) is 9.59 Å². The molecule has 2 aliphatic rings. The summed E-state index contributed by atoms with van der Waals surface area (Å²) in [5.41, 5.74) is 7.31. The molecule has 0 bridgehead atoms. The third-order valence-corrected chi connectivity index (χ3v) is 5.65. The van der Waals surface area contributed by atoms with Crippen molar-refractivity contribution in [3.05, 3.63) is 41.9 Å². The van der Waals surface area contributed by atoms with Gasteiger partial charge in [-0.3, -0.25) is 15.2 Å². The van der Waals surface area contributed by atoms with Crippen molar-refractivity contribution in [2.75, 3.05) is 6.54 Å². The molecule has 29 heavy (non-hydrogen) atoms. The number of pyridine rings is 1. The molecule has 2 aliphatic heterocycles. The van der Waals surface area contributed by atoms with Gasteiger partial charge in [-0.2, -0.15) is 0 Å². The average Bonchev–Trinajstić information content (AvgIpc) is 3.04. The zero-order valence-electron chi connectivity index (χ0n) is 17.9. The van der Waals surface area contributed by atoms with Crippen LogP contribution in [-0.2, 0) is 9.53 Å². The number of esters is 1. The monoisotopic (exact) mass is 400 g/mol. The molecule has 2 N–H and O–H groups in total. The van der Waals surface area contributed by atoms with Gasteiger partial charge in [-0.15, -0.1) is 0 Å². The van der Waals surface area contributed by atoms with Crippen LogP contribution in [0.5, 0.6) is 0 Å². The highest BCUT2D eigenvalue weighted by Gasteiger charge is 2.50. The van der Waals surface area contributed by atoms with Crippen LogP contribution in [0.15, 0.2) is 36.2 Å². The van der Waals surface area contributed by atoms with E-state index in [4.69, 9.17) is 4.74 Å². The molecule has 3 unspecified atom stereocenters. The number of nitrogens with zero attached hydrogens (tertiary/aromatic N) is 2. The number of ether oxygens (including phenoxy) is 1. The molecule has 1 aromatic heterocycles. The largest absolute Gasteiger partial charge is 0.460 e. The topological polar surface area (TPSA) is 83.6 Å². The van der Waals surface area contributed by atoms with Crippen molar-refractivity contribution in [1.29, 1.82) is 0 Å². The molecule has 0 aromatic carbocycles. The first-order valence-electron chi connectivity index (χ1n) is 10.4. The Bertz CT molecular complexity index is 776. The van der Waals surface area contributed by atoms with Crippen LogP contribution in [0.4, 0.5) is 0 Å². The van der Waals surface area contributed by atoms with E-state index >= 15 is 0 Å². The molecule has 0 saturated carbocycles. The van der Waals surface area contributed by atoms with Gasteiger partial charge >= 0.3 is 5.97 Å². The Morgan fingerprint density at radius 2 is 2.07 bits per heavy atom. The van der Waals surface area contributed by atoms with E-state index in [2.05, 4.69) is 36.6 Å². The highest BCUT2D eigenvalue weighted by atomic mass is 16.5. The summed E-state index contributed by atoms with van der Waals surface area (Å²) in [5, 5.41) is 0. The summed E-state index contributed by atoms with van der Waals surface area (Å²) in [5.74, 6) is -0.471. The van der Waals surface area contributed by atoms with Gasteiger partial charge < -0.3 is 9.64 Å². The summed E-state index contributed by atoms with van der Waals surface area (Å²) in [6.07, 6.45) is 5.05. The van der Waals surface area contributed by atoms with Crippen LogP contribution < -0.4 is 10.9 Å². The molecule has 0 aliphatic carbocycles. The fourth-order valence-corrected chi connectivity index (χ4v) is 4.51. The molecule has 1 aromatic rings. The fraction of sp³-hybridized carbons (Fsp3) is 0.591. The zero-order valence-corrected chi connectivity index (χ0v) is 17.9. The van der Waals surface area contributed by atoms with Gasteiger partial charge in [-0.1, -0.05) is 33.3 Å². The zero-order chi connectivity index (χ0) is 21.2. The predicted molar refractivity (Wildman–Crippen MR) is 111 cm³/mol. The molecule has 7 heteroatoms. The van der Waals surface area contributed by atoms with Crippen molar-refractivity contribution in [2.24, 2.45) is 11.3 Å². The number of carbonyl (C=O) groups excluding carboxylic acids is 2. The first kappa shape index (κ1) is 21.5. The molecule has 3 atom stereocenters. The van der Waals surface area contributed by atoms with E-state index in [-0.39, 0.29) is 35.4 Å².